The maximum atomic E-state index is 6.37. The van der Waals surface area contributed by atoms with Crippen molar-refractivity contribution >= 4 is 15.9 Å². The minimum atomic E-state index is -0.178. The van der Waals surface area contributed by atoms with E-state index in [1.807, 2.05) is 43.3 Å². The van der Waals surface area contributed by atoms with E-state index in [4.69, 9.17) is 15.2 Å². The number of hydrogen-bond acceptors (Lipinski definition) is 3. The van der Waals surface area contributed by atoms with Gasteiger partial charge in [0.2, 0.25) is 0 Å². The van der Waals surface area contributed by atoms with Crippen LogP contribution in [0.5, 0.6) is 11.5 Å². The molecule has 2 N–H and O–H groups in total. The molecule has 0 amide bonds. The number of benzene rings is 2. The second-order valence-electron chi connectivity index (χ2n) is 4.59. The lowest BCUT2D eigenvalue weighted by molar-refractivity contribution is 0.412. The molecule has 0 aromatic heterocycles. The van der Waals surface area contributed by atoms with Crippen molar-refractivity contribution < 1.29 is 9.47 Å². The maximum absolute atomic E-state index is 6.37. The molecule has 0 saturated carbocycles. The van der Waals surface area contributed by atoms with Crippen LogP contribution in [0.2, 0.25) is 0 Å². The van der Waals surface area contributed by atoms with Crippen LogP contribution in [0.3, 0.4) is 0 Å². The fourth-order valence-corrected chi connectivity index (χ4v) is 2.74. The standard InChI is InChI=1S/C16H18BrNO2/c1-10-8-12(19-2)5-6-13(10)16(18)11-4-7-15(20-3)14(17)9-11/h4-9,16H,18H2,1-3H3. The average Bonchev–Trinajstić information content (AvgIpc) is 2.46. The van der Waals surface area contributed by atoms with Crippen LogP contribution in [-0.2, 0) is 0 Å². The lowest BCUT2D eigenvalue weighted by Crippen LogP contribution is -2.13. The van der Waals surface area contributed by atoms with Gasteiger partial charge in [0, 0.05) is 0 Å². The van der Waals surface area contributed by atoms with Crippen molar-refractivity contribution in [1.29, 1.82) is 0 Å². The third-order valence-corrected chi connectivity index (χ3v) is 3.97. The van der Waals surface area contributed by atoms with Crippen LogP contribution in [0.15, 0.2) is 40.9 Å². The summed E-state index contributed by atoms with van der Waals surface area (Å²) in [5.41, 5.74) is 9.60. The van der Waals surface area contributed by atoms with Crippen molar-refractivity contribution in [2.45, 2.75) is 13.0 Å². The van der Waals surface area contributed by atoms with E-state index in [0.717, 1.165) is 32.7 Å². The number of hydrogen-bond donors (Lipinski definition) is 1. The third-order valence-electron chi connectivity index (χ3n) is 3.35. The minimum absolute atomic E-state index is 0.178. The molecule has 1 unspecified atom stereocenters. The summed E-state index contributed by atoms with van der Waals surface area (Å²) in [5, 5.41) is 0. The Balaban J connectivity index is 2.35. The summed E-state index contributed by atoms with van der Waals surface area (Å²) in [4.78, 5) is 0. The van der Waals surface area contributed by atoms with Gasteiger partial charge in [-0.3, -0.25) is 0 Å². The Kier molecular flexibility index (Phi) is 4.68. The summed E-state index contributed by atoms with van der Waals surface area (Å²) >= 11 is 3.49. The fourth-order valence-electron chi connectivity index (χ4n) is 2.18. The average molecular weight is 336 g/mol. The van der Waals surface area contributed by atoms with Crippen molar-refractivity contribution in [2.24, 2.45) is 5.73 Å². The van der Waals surface area contributed by atoms with Gasteiger partial charge in [0.25, 0.3) is 0 Å². The van der Waals surface area contributed by atoms with Crippen LogP contribution < -0.4 is 15.2 Å². The fraction of sp³-hybridized carbons (Fsp3) is 0.250. The molecule has 4 heteroatoms. The van der Waals surface area contributed by atoms with E-state index < -0.39 is 0 Å². The Bertz CT molecular complexity index is 613. The molecule has 0 saturated heterocycles. The maximum Gasteiger partial charge on any atom is 0.133 e. The number of aryl methyl sites for hydroxylation is 1. The van der Waals surface area contributed by atoms with Crippen LogP contribution >= 0.6 is 15.9 Å². The summed E-state index contributed by atoms with van der Waals surface area (Å²) in [5.74, 6) is 1.64. The molecule has 2 rings (SSSR count). The number of halogens is 1. The summed E-state index contributed by atoms with van der Waals surface area (Å²) in [6, 6.07) is 11.7. The molecule has 0 bridgehead atoms. The van der Waals surface area contributed by atoms with Crippen LogP contribution in [0.1, 0.15) is 22.7 Å². The molecular formula is C16H18BrNO2. The number of methoxy groups -OCH3 is 2. The molecule has 2 aromatic rings. The summed E-state index contributed by atoms with van der Waals surface area (Å²) < 4.78 is 11.4. The normalized spacial score (nSPS) is 12.1. The smallest absolute Gasteiger partial charge is 0.133 e. The van der Waals surface area contributed by atoms with Gasteiger partial charge in [0.1, 0.15) is 11.5 Å². The second kappa shape index (κ2) is 6.29. The molecule has 1 atom stereocenters. The zero-order valence-electron chi connectivity index (χ0n) is 11.8. The molecule has 0 aliphatic carbocycles. The van der Waals surface area contributed by atoms with Crippen molar-refractivity contribution in [1.82, 2.24) is 0 Å². The highest BCUT2D eigenvalue weighted by atomic mass is 79.9. The molecule has 0 spiro atoms. The summed E-state index contributed by atoms with van der Waals surface area (Å²) in [6.07, 6.45) is 0. The molecule has 0 heterocycles. The monoisotopic (exact) mass is 335 g/mol. The van der Waals surface area contributed by atoms with E-state index in [-0.39, 0.29) is 6.04 Å². The predicted molar refractivity (Wildman–Crippen MR) is 84.5 cm³/mol. The van der Waals surface area contributed by atoms with Crippen LogP contribution in [-0.4, -0.2) is 14.2 Å². The highest BCUT2D eigenvalue weighted by Crippen LogP contribution is 2.31. The lowest BCUT2D eigenvalue weighted by Gasteiger charge is -2.17. The molecule has 3 nitrogen and oxygen atoms in total. The largest absolute Gasteiger partial charge is 0.497 e. The van der Waals surface area contributed by atoms with Gasteiger partial charge in [-0.05, 0) is 63.8 Å². The van der Waals surface area contributed by atoms with Crippen LogP contribution in [0, 0.1) is 6.92 Å². The molecule has 20 heavy (non-hydrogen) atoms. The molecule has 0 radical (unpaired) electrons. The number of nitrogens with two attached hydrogens (primary N) is 1. The van der Waals surface area contributed by atoms with Crippen molar-refractivity contribution in [3.05, 3.63) is 57.6 Å². The molecule has 0 aliphatic rings. The predicted octanol–water partition coefficient (Wildman–Crippen LogP) is 3.82. The zero-order valence-corrected chi connectivity index (χ0v) is 13.4. The van der Waals surface area contributed by atoms with Crippen LogP contribution in [0.4, 0.5) is 0 Å². The molecule has 0 fully saturated rings. The SMILES string of the molecule is COc1ccc(C(N)c2ccc(OC)c(Br)c2)c(C)c1. The Morgan fingerprint density at radius 1 is 1.05 bits per heavy atom. The topological polar surface area (TPSA) is 44.5 Å². The quantitative estimate of drug-likeness (QED) is 0.923. The van der Waals surface area contributed by atoms with Gasteiger partial charge < -0.3 is 15.2 Å². The van der Waals surface area contributed by atoms with Gasteiger partial charge in [0.15, 0.2) is 0 Å². The number of rotatable bonds is 4. The van der Waals surface area contributed by atoms with E-state index in [1.54, 1.807) is 14.2 Å². The van der Waals surface area contributed by atoms with Gasteiger partial charge in [-0.1, -0.05) is 12.1 Å². The van der Waals surface area contributed by atoms with E-state index in [9.17, 15) is 0 Å². The van der Waals surface area contributed by atoms with Crippen molar-refractivity contribution in [3.63, 3.8) is 0 Å². The van der Waals surface area contributed by atoms with Gasteiger partial charge in [-0.25, -0.2) is 0 Å². The van der Waals surface area contributed by atoms with Gasteiger partial charge in [0.05, 0.1) is 24.7 Å². The first-order valence-corrected chi connectivity index (χ1v) is 7.09. The summed E-state index contributed by atoms with van der Waals surface area (Å²) in [7, 11) is 3.31. The Hall–Kier alpha value is -1.52. The summed E-state index contributed by atoms with van der Waals surface area (Å²) in [6.45, 7) is 2.04. The van der Waals surface area contributed by atoms with E-state index >= 15 is 0 Å². The van der Waals surface area contributed by atoms with Crippen LogP contribution in [0.25, 0.3) is 0 Å². The van der Waals surface area contributed by atoms with Crippen molar-refractivity contribution in [3.8, 4) is 11.5 Å². The first-order valence-electron chi connectivity index (χ1n) is 6.30. The molecule has 0 aliphatic heterocycles. The van der Waals surface area contributed by atoms with Gasteiger partial charge >= 0.3 is 0 Å². The van der Waals surface area contributed by atoms with E-state index in [0.29, 0.717) is 0 Å². The first kappa shape index (κ1) is 14.9. The van der Waals surface area contributed by atoms with E-state index in [2.05, 4.69) is 15.9 Å². The van der Waals surface area contributed by atoms with Gasteiger partial charge in [-0.2, -0.15) is 0 Å². The van der Waals surface area contributed by atoms with Gasteiger partial charge in [-0.15, -0.1) is 0 Å². The number of ether oxygens (including phenoxy) is 2. The van der Waals surface area contributed by atoms with E-state index in [1.165, 1.54) is 0 Å². The lowest BCUT2D eigenvalue weighted by atomic mass is 9.95. The van der Waals surface area contributed by atoms with Crippen molar-refractivity contribution in [2.75, 3.05) is 14.2 Å². The highest BCUT2D eigenvalue weighted by molar-refractivity contribution is 9.10. The zero-order chi connectivity index (χ0) is 14.7. The minimum Gasteiger partial charge on any atom is -0.497 e. The Labute approximate surface area is 127 Å². The highest BCUT2D eigenvalue weighted by Gasteiger charge is 2.13. The molecule has 106 valence electrons. The third kappa shape index (κ3) is 2.97. The molecular weight excluding hydrogens is 318 g/mol. The Morgan fingerprint density at radius 2 is 1.80 bits per heavy atom. The first-order chi connectivity index (χ1) is 9.56. The molecule has 2 aromatic carbocycles. The Morgan fingerprint density at radius 3 is 2.35 bits per heavy atom. The second-order valence-corrected chi connectivity index (χ2v) is 5.45.